The van der Waals surface area contributed by atoms with Crippen molar-refractivity contribution in [1.29, 1.82) is 0 Å². The normalized spacial score (nSPS) is 12.9. The number of nitrogens with one attached hydrogen (secondary N) is 1. The largest absolute Gasteiger partial charge is 0.459 e. The minimum atomic E-state index is -0.109. The van der Waals surface area contributed by atoms with Crippen molar-refractivity contribution in [3.8, 4) is 0 Å². The van der Waals surface area contributed by atoms with Crippen LogP contribution in [0.15, 0.2) is 49.9 Å². The fraction of sp³-hybridized carbons (Fsp3) is 0.250. The third kappa shape index (κ3) is 3.18. The van der Waals surface area contributed by atoms with Gasteiger partial charge in [-0.3, -0.25) is 0 Å². The molecule has 21 heavy (non-hydrogen) atoms. The smallest absolute Gasteiger partial charge is 0.169 e. The highest BCUT2D eigenvalue weighted by Crippen LogP contribution is 2.31. The molecule has 1 unspecified atom stereocenters. The highest BCUT2D eigenvalue weighted by molar-refractivity contribution is 9.10. The zero-order valence-electron chi connectivity index (χ0n) is 11.5. The first-order chi connectivity index (χ1) is 10.2. The molecule has 3 aromatic rings. The topological polar surface area (TPSA) is 38.3 Å². The lowest BCUT2D eigenvalue weighted by Crippen LogP contribution is -2.22. The van der Waals surface area contributed by atoms with Gasteiger partial charge in [-0.2, -0.15) is 0 Å². The summed E-state index contributed by atoms with van der Waals surface area (Å²) in [5, 5.41) is 5.14. The molecule has 0 aliphatic carbocycles. The number of hydrogen-bond donors (Lipinski definition) is 1. The maximum atomic E-state index is 6.03. The Labute approximate surface area is 136 Å². The Hall–Kier alpha value is -1.23. The van der Waals surface area contributed by atoms with E-state index in [0.717, 1.165) is 35.5 Å². The van der Waals surface area contributed by atoms with Gasteiger partial charge in [0.15, 0.2) is 4.67 Å². The molecular weight excluding hydrogens is 354 g/mol. The molecule has 0 aliphatic heterocycles. The summed E-state index contributed by atoms with van der Waals surface area (Å²) in [5.74, 6) is 1.64. The standard InChI is InChI=1S/C16H15BrClNO2/c1-2-7-19-16(13-5-6-15(17)21-13)14-9-10-8-11(18)3-4-12(10)20-14/h3-6,8-9,16,19H,2,7H2,1H3. The molecule has 1 N–H and O–H groups in total. The van der Waals surface area contributed by atoms with E-state index >= 15 is 0 Å². The van der Waals surface area contributed by atoms with Crippen molar-refractivity contribution in [2.75, 3.05) is 6.54 Å². The van der Waals surface area contributed by atoms with Gasteiger partial charge in [-0.05, 0) is 65.3 Å². The Morgan fingerprint density at radius 3 is 2.71 bits per heavy atom. The van der Waals surface area contributed by atoms with Crippen molar-refractivity contribution in [3.05, 3.63) is 57.6 Å². The molecule has 2 aromatic heterocycles. The molecule has 0 radical (unpaired) electrons. The first-order valence-corrected chi connectivity index (χ1v) is 8.02. The molecule has 0 fully saturated rings. The predicted molar refractivity (Wildman–Crippen MR) is 87.8 cm³/mol. The molecule has 0 aliphatic rings. The summed E-state index contributed by atoms with van der Waals surface area (Å²) in [6.07, 6.45) is 1.03. The van der Waals surface area contributed by atoms with Gasteiger partial charge in [0.1, 0.15) is 23.1 Å². The number of benzene rings is 1. The Morgan fingerprint density at radius 2 is 2.00 bits per heavy atom. The highest BCUT2D eigenvalue weighted by Gasteiger charge is 2.21. The van der Waals surface area contributed by atoms with E-state index in [1.807, 2.05) is 36.4 Å². The first kappa shape index (κ1) is 14.7. The third-order valence-electron chi connectivity index (χ3n) is 3.26. The van der Waals surface area contributed by atoms with Gasteiger partial charge in [-0.1, -0.05) is 18.5 Å². The van der Waals surface area contributed by atoms with Gasteiger partial charge in [0.05, 0.1) is 0 Å². The maximum Gasteiger partial charge on any atom is 0.169 e. The first-order valence-electron chi connectivity index (χ1n) is 6.85. The summed E-state index contributed by atoms with van der Waals surface area (Å²) < 4.78 is 12.3. The van der Waals surface area contributed by atoms with Gasteiger partial charge in [-0.25, -0.2) is 0 Å². The lowest BCUT2D eigenvalue weighted by atomic mass is 10.1. The van der Waals surface area contributed by atoms with Crippen LogP contribution in [-0.4, -0.2) is 6.54 Å². The Bertz CT molecular complexity index is 750. The van der Waals surface area contributed by atoms with Crippen molar-refractivity contribution in [2.45, 2.75) is 19.4 Å². The zero-order valence-corrected chi connectivity index (χ0v) is 13.9. The van der Waals surface area contributed by atoms with Crippen molar-refractivity contribution >= 4 is 38.5 Å². The Balaban J connectivity index is 2.00. The summed E-state index contributed by atoms with van der Waals surface area (Å²) in [4.78, 5) is 0. The van der Waals surface area contributed by atoms with Crippen LogP contribution in [0, 0.1) is 0 Å². The molecule has 0 amide bonds. The van der Waals surface area contributed by atoms with Gasteiger partial charge in [-0.15, -0.1) is 0 Å². The van der Waals surface area contributed by atoms with Gasteiger partial charge in [0.25, 0.3) is 0 Å². The van der Waals surface area contributed by atoms with Crippen molar-refractivity contribution in [3.63, 3.8) is 0 Å². The quantitative estimate of drug-likeness (QED) is 0.643. The van der Waals surface area contributed by atoms with E-state index < -0.39 is 0 Å². The molecular formula is C16H15BrClNO2. The van der Waals surface area contributed by atoms with Crippen LogP contribution in [0.2, 0.25) is 5.02 Å². The second-order valence-electron chi connectivity index (χ2n) is 4.86. The number of halogens is 2. The van der Waals surface area contributed by atoms with E-state index in [1.54, 1.807) is 0 Å². The molecule has 2 heterocycles. The molecule has 0 bridgehead atoms. The highest BCUT2D eigenvalue weighted by atomic mass is 79.9. The molecule has 0 saturated heterocycles. The maximum absolute atomic E-state index is 6.03. The molecule has 1 atom stereocenters. The summed E-state index contributed by atoms with van der Waals surface area (Å²) in [5.41, 5.74) is 0.823. The predicted octanol–water partition coefficient (Wildman–Crippen LogP) is 5.53. The fourth-order valence-corrected chi connectivity index (χ4v) is 2.79. The second kappa shape index (κ2) is 6.26. The number of rotatable bonds is 5. The van der Waals surface area contributed by atoms with Crippen LogP contribution in [0.1, 0.15) is 30.9 Å². The van der Waals surface area contributed by atoms with Crippen molar-refractivity contribution in [2.24, 2.45) is 0 Å². The van der Waals surface area contributed by atoms with E-state index in [1.165, 1.54) is 0 Å². The van der Waals surface area contributed by atoms with Crippen molar-refractivity contribution in [1.82, 2.24) is 5.32 Å². The zero-order chi connectivity index (χ0) is 14.8. The monoisotopic (exact) mass is 367 g/mol. The SMILES string of the molecule is CCCNC(c1ccc(Br)o1)c1cc2cc(Cl)ccc2o1. The van der Waals surface area contributed by atoms with E-state index in [2.05, 4.69) is 28.2 Å². The average Bonchev–Trinajstić information content (AvgIpc) is 3.05. The molecule has 3 nitrogen and oxygen atoms in total. The lowest BCUT2D eigenvalue weighted by molar-refractivity contribution is 0.391. The van der Waals surface area contributed by atoms with Crippen molar-refractivity contribution < 1.29 is 8.83 Å². The van der Waals surface area contributed by atoms with Crippen LogP contribution in [-0.2, 0) is 0 Å². The molecule has 5 heteroatoms. The van der Waals surface area contributed by atoms with Gasteiger partial charge < -0.3 is 14.2 Å². The summed E-state index contributed by atoms with van der Waals surface area (Å²) in [6.45, 7) is 3.00. The van der Waals surface area contributed by atoms with Gasteiger partial charge >= 0.3 is 0 Å². The van der Waals surface area contributed by atoms with E-state index in [9.17, 15) is 0 Å². The fourth-order valence-electron chi connectivity index (χ4n) is 2.29. The summed E-state index contributed by atoms with van der Waals surface area (Å²) >= 11 is 9.37. The van der Waals surface area contributed by atoms with Crippen LogP contribution in [0.5, 0.6) is 0 Å². The second-order valence-corrected chi connectivity index (χ2v) is 6.08. The summed E-state index contributed by atoms with van der Waals surface area (Å²) in [6, 6.07) is 11.3. The minimum absolute atomic E-state index is 0.109. The van der Waals surface area contributed by atoms with Crippen LogP contribution in [0.4, 0.5) is 0 Å². The average molecular weight is 369 g/mol. The molecule has 0 spiro atoms. The summed E-state index contributed by atoms with van der Waals surface area (Å²) in [7, 11) is 0. The molecule has 0 saturated carbocycles. The Morgan fingerprint density at radius 1 is 1.14 bits per heavy atom. The van der Waals surface area contributed by atoms with Gasteiger partial charge in [0.2, 0.25) is 0 Å². The number of fused-ring (bicyclic) bond motifs is 1. The van der Waals surface area contributed by atoms with E-state index in [0.29, 0.717) is 9.69 Å². The van der Waals surface area contributed by atoms with Crippen LogP contribution < -0.4 is 5.32 Å². The number of hydrogen-bond acceptors (Lipinski definition) is 3. The van der Waals surface area contributed by atoms with Crippen LogP contribution in [0.25, 0.3) is 11.0 Å². The lowest BCUT2D eigenvalue weighted by Gasteiger charge is -2.13. The molecule has 3 rings (SSSR count). The van der Waals surface area contributed by atoms with Crippen LogP contribution >= 0.6 is 27.5 Å². The van der Waals surface area contributed by atoms with Gasteiger partial charge in [0, 0.05) is 10.4 Å². The molecule has 1 aromatic carbocycles. The van der Waals surface area contributed by atoms with Crippen LogP contribution in [0.3, 0.4) is 0 Å². The van der Waals surface area contributed by atoms with E-state index in [4.69, 9.17) is 20.4 Å². The number of furan rings is 2. The molecule has 110 valence electrons. The third-order valence-corrected chi connectivity index (χ3v) is 3.92. The Kier molecular flexibility index (Phi) is 4.38. The minimum Gasteiger partial charge on any atom is -0.459 e. The van der Waals surface area contributed by atoms with E-state index in [-0.39, 0.29) is 6.04 Å².